The second kappa shape index (κ2) is 6.93. The van der Waals surface area contributed by atoms with Crippen LogP contribution in [0, 0.1) is 5.82 Å². The lowest BCUT2D eigenvalue weighted by Crippen LogP contribution is -2.32. The van der Waals surface area contributed by atoms with Gasteiger partial charge < -0.3 is 14.4 Å². The average Bonchev–Trinajstić information content (AvgIpc) is 3.22. The summed E-state index contributed by atoms with van der Waals surface area (Å²) >= 11 is 0. The summed E-state index contributed by atoms with van der Waals surface area (Å²) in [5.41, 5.74) is 0.521. The number of hydrogen-bond donors (Lipinski definition) is 1. The second-order valence-corrected chi connectivity index (χ2v) is 5.87. The highest BCUT2D eigenvalue weighted by Gasteiger charge is 2.44. The Bertz CT molecular complexity index is 808. The van der Waals surface area contributed by atoms with Gasteiger partial charge in [-0.1, -0.05) is 25.5 Å². The Balaban J connectivity index is 2.06. The summed E-state index contributed by atoms with van der Waals surface area (Å²) in [6.07, 6.45) is 2.92. The van der Waals surface area contributed by atoms with Crippen LogP contribution in [0.25, 0.3) is 0 Å². The zero-order chi connectivity index (χ0) is 18.0. The quantitative estimate of drug-likeness (QED) is 0.810. The Hall–Kier alpha value is -2.89. The van der Waals surface area contributed by atoms with Crippen LogP contribution in [0.5, 0.6) is 0 Å². The van der Waals surface area contributed by atoms with Gasteiger partial charge in [0.1, 0.15) is 5.82 Å². The van der Waals surface area contributed by atoms with E-state index < -0.39 is 29.3 Å². The fourth-order valence-electron chi connectivity index (χ4n) is 2.98. The first-order chi connectivity index (χ1) is 12.0. The third-order valence-corrected chi connectivity index (χ3v) is 4.23. The maximum Gasteiger partial charge on any atom is 0.290 e. The standard InChI is InChI=1S/C19H18FNO4/c1-2-3-10-21-16(12-6-8-13(20)9-7-12)15(18(23)19(21)24)17(22)14-5-4-11-25-14/h4-9,11,16,23H,2-3,10H2,1H3. The molecule has 1 aromatic heterocycles. The van der Waals surface area contributed by atoms with Crippen molar-refractivity contribution >= 4 is 11.7 Å². The van der Waals surface area contributed by atoms with Gasteiger partial charge >= 0.3 is 0 Å². The number of aliphatic hydroxyl groups excluding tert-OH is 1. The zero-order valence-electron chi connectivity index (χ0n) is 13.7. The summed E-state index contributed by atoms with van der Waals surface area (Å²) in [4.78, 5) is 26.7. The summed E-state index contributed by atoms with van der Waals surface area (Å²) in [5.74, 6) is -2.10. The minimum atomic E-state index is -0.766. The average molecular weight is 343 g/mol. The molecule has 130 valence electrons. The molecule has 25 heavy (non-hydrogen) atoms. The van der Waals surface area contributed by atoms with Crippen molar-refractivity contribution in [1.82, 2.24) is 4.90 Å². The molecule has 1 aliphatic heterocycles. The molecule has 1 atom stereocenters. The third-order valence-electron chi connectivity index (χ3n) is 4.23. The van der Waals surface area contributed by atoms with Gasteiger partial charge in [-0.15, -0.1) is 0 Å². The van der Waals surface area contributed by atoms with Crippen LogP contribution < -0.4 is 0 Å². The fourth-order valence-corrected chi connectivity index (χ4v) is 2.98. The lowest BCUT2D eigenvalue weighted by molar-refractivity contribution is -0.129. The number of halogens is 1. The number of ketones is 1. The molecular weight excluding hydrogens is 325 g/mol. The predicted octanol–water partition coefficient (Wildman–Crippen LogP) is 3.80. The molecule has 1 aliphatic rings. The van der Waals surface area contributed by atoms with Crippen LogP contribution in [-0.2, 0) is 4.79 Å². The topological polar surface area (TPSA) is 70.8 Å². The van der Waals surface area contributed by atoms with Gasteiger partial charge in [0.05, 0.1) is 17.9 Å². The molecule has 1 unspecified atom stereocenters. The summed E-state index contributed by atoms with van der Waals surface area (Å²) in [7, 11) is 0. The molecule has 1 amide bonds. The predicted molar refractivity (Wildman–Crippen MR) is 88.5 cm³/mol. The van der Waals surface area contributed by atoms with E-state index in [4.69, 9.17) is 4.42 Å². The number of amides is 1. The number of benzene rings is 1. The van der Waals surface area contributed by atoms with Crippen molar-refractivity contribution in [2.24, 2.45) is 0 Å². The van der Waals surface area contributed by atoms with Gasteiger partial charge in [-0.2, -0.15) is 0 Å². The van der Waals surface area contributed by atoms with Crippen LogP contribution in [0.2, 0.25) is 0 Å². The summed E-state index contributed by atoms with van der Waals surface area (Å²) < 4.78 is 18.4. The molecule has 3 rings (SSSR count). The number of Topliss-reactive ketones (excluding diaryl/α,β-unsaturated/α-hetero) is 1. The number of aliphatic hydroxyl groups is 1. The van der Waals surface area contributed by atoms with Crippen LogP contribution in [-0.4, -0.2) is 28.2 Å². The third kappa shape index (κ3) is 3.07. The molecule has 5 nitrogen and oxygen atoms in total. The molecule has 0 aliphatic carbocycles. The Labute approximate surface area is 144 Å². The number of carbonyl (C=O) groups is 2. The number of nitrogens with zero attached hydrogens (tertiary/aromatic N) is 1. The zero-order valence-corrected chi connectivity index (χ0v) is 13.7. The minimum Gasteiger partial charge on any atom is -0.503 e. The van der Waals surface area contributed by atoms with E-state index in [1.807, 2.05) is 6.92 Å². The first-order valence-corrected chi connectivity index (χ1v) is 8.12. The van der Waals surface area contributed by atoms with Gasteiger partial charge in [0, 0.05) is 6.54 Å². The first-order valence-electron chi connectivity index (χ1n) is 8.12. The number of rotatable bonds is 6. The van der Waals surface area contributed by atoms with Crippen molar-refractivity contribution in [3.63, 3.8) is 0 Å². The lowest BCUT2D eigenvalue weighted by Gasteiger charge is -2.26. The molecular formula is C19H18FNO4. The second-order valence-electron chi connectivity index (χ2n) is 5.87. The van der Waals surface area contributed by atoms with Crippen LogP contribution in [0.4, 0.5) is 4.39 Å². The van der Waals surface area contributed by atoms with Crippen LogP contribution in [0.15, 0.2) is 58.4 Å². The summed E-state index contributed by atoms with van der Waals surface area (Å²) in [5, 5.41) is 10.3. The summed E-state index contributed by atoms with van der Waals surface area (Å²) in [6, 6.07) is 7.83. The molecule has 0 bridgehead atoms. The maximum absolute atomic E-state index is 13.3. The van der Waals surface area contributed by atoms with Crippen molar-refractivity contribution in [3.8, 4) is 0 Å². The van der Waals surface area contributed by atoms with Gasteiger partial charge in [0.15, 0.2) is 11.5 Å². The van der Waals surface area contributed by atoms with Crippen molar-refractivity contribution in [1.29, 1.82) is 0 Å². The van der Waals surface area contributed by atoms with Crippen molar-refractivity contribution in [2.75, 3.05) is 6.54 Å². The smallest absolute Gasteiger partial charge is 0.290 e. The molecule has 0 saturated carbocycles. The van der Waals surface area contributed by atoms with Crippen molar-refractivity contribution in [3.05, 3.63) is 71.1 Å². The molecule has 0 saturated heterocycles. The number of carbonyl (C=O) groups excluding carboxylic acids is 2. The van der Waals surface area contributed by atoms with Crippen molar-refractivity contribution < 1.29 is 23.5 Å². The van der Waals surface area contributed by atoms with Crippen LogP contribution in [0.1, 0.15) is 41.9 Å². The molecule has 0 fully saturated rings. The van der Waals surface area contributed by atoms with E-state index in [0.29, 0.717) is 12.1 Å². The van der Waals surface area contributed by atoms with Crippen molar-refractivity contribution in [2.45, 2.75) is 25.8 Å². The number of hydrogen-bond acceptors (Lipinski definition) is 4. The van der Waals surface area contributed by atoms with Gasteiger partial charge in [0.25, 0.3) is 5.91 Å². The van der Waals surface area contributed by atoms with Crippen LogP contribution in [0.3, 0.4) is 0 Å². The molecule has 2 heterocycles. The van der Waals surface area contributed by atoms with E-state index in [0.717, 1.165) is 12.8 Å². The Morgan fingerprint density at radius 3 is 2.60 bits per heavy atom. The maximum atomic E-state index is 13.3. The highest BCUT2D eigenvalue weighted by atomic mass is 19.1. The fraction of sp³-hybridized carbons (Fsp3) is 0.263. The molecule has 1 N–H and O–H groups in total. The number of unbranched alkanes of at least 4 members (excludes halogenated alkanes) is 1. The van der Waals surface area contributed by atoms with Crippen LogP contribution >= 0.6 is 0 Å². The molecule has 0 spiro atoms. The van der Waals surface area contributed by atoms with E-state index >= 15 is 0 Å². The van der Waals surface area contributed by atoms with Gasteiger partial charge in [-0.3, -0.25) is 9.59 Å². The molecule has 0 radical (unpaired) electrons. The largest absolute Gasteiger partial charge is 0.503 e. The van der Waals surface area contributed by atoms with Gasteiger partial charge in [-0.05, 0) is 36.2 Å². The molecule has 6 heteroatoms. The van der Waals surface area contributed by atoms with Gasteiger partial charge in [0.2, 0.25) is 5.78 Å². The first kappa shape index (κ1) is 17.0. The highest BCUT2D eigenvalue weighted by molar-refractivity contribution is 6.14. The van der Waals surface area contributed by atoms with E-state index in [9.17, 15) is 19.1 Å². The minimum absolute atomic E-state index is 0.0392. The molecule has 1 aromatic carbocycles. The SMILES string of the molecule is CCCCN1C(=O)C(O)=C(C(=O)c2ccco2)C1c1ccc(F)cc1. The van der Waals surface area contributed by atoms with E-state index in [1.165, 1.54) is 41.5 Å². The molecule has 2 aromatic rings. The normalized spacial score (nSPS) is 17.4. The van der Waals surface area contributed by atoms with Gasteiger partial charge in [-0.25, -0.2) is 4.39 Å². The Morgan fingerprint density at radius 1 is 1.28 bits per heavy atom. The Kier molecular flexibility index (Phi) is 4.70. The van der Waals surface area contributed by atoms with E-state index in [2.05, 4.69) is 0 Å². The Morgan fingerprint density at radius 2 is 2.00 bits per heavy atom. The van der Waals surface area contributed by atoms with E-state index in [-0.39, 0.29) is 11.3 Å². The van der Waals surface area contributed by atoms with E-state index in [1.54, 1.807) is 6.07 Å². The highest BCUT2D eigenvalue weighted by Crippen LogP contribution is 2.39. The number of furan rings is 1. The lowest BCUT2D eigenvalue weighted by atomic mass is 9.95. The monoisotopic (exact) mass is 343 g/mol. The summed E-state index contributed by atoms with van der Waals surface area (Å²) in [6.45, 7) is 2.37.